The minimum atomic E-state index is -2.74. The van der Waals surface area contributed by atoms with Gasteiger partial charge < -0.3 is 102 Å². The first-order valence-electron chi connectivity index (χ1n) is 15.9. The van der Waals surface area contributed by atoms with Crippen molar-refractivity contribution in [2.75, 3.05) is 0 Å². The molecule has 0 amide bonds. The van der Waals surface area contributed by atoms with Crippen LogP contribution in [0.3, 0.4) is 0 Å². The van der Waals surface area contributed by atoms with E-state index >= 15 is 0 Å². The van der Waals surface area contributed by atoms with Crippen LogP contribution in [0.25, 0.3) is 0 Å². The predicted octanol–water partition coefficient (Wildman–Crippen LogP) is -6.24. The zero-order valence-electron chi connectivity index (χ0n) is 32.1. The Morgan fingerprint density at radius 2 is 0.246 bits per heavy atom. The molecule has 0 radical (unpaired) electrons. The van der Waals surface area contributed by atoms with E-state index in [1.807, 2.05) is 0 Å². The lowest BCUT2D eigenvalue weighted by Crippen LogP contribution is -2.42. The average Bonchev–Trinajstić information content (AvgIpc) is 3.01. The van der Waals surface area contributed by atoms with Gasteiger partial charge in [0.25, 0.3) is 0 Å². The standard InChI is InChI=1S/5C6H8O7/c5*7-3(8)1-6(13,5(11)12)2-4(9)10/h5*13H,1-2H2,(H,7,8)(H,9,10)(H,11,12). The summed E-state index contributed by atoms with van der Waals surface area (Å²) in [6.45, 7) is 0. The quantitative estimate of drug-likeness (QED) is 0.0405. The van der Waals surface area contributed by atoms with Gasteiger partial charge in [0, 0.05) is 0 Å². The predicted molar refractivity (Wildman–Crippen MR) is 185 cm³/mol. The Balaban J connectivity index is -0.000000231. The van der Waals surface area contributed by atoms with Crippen molar-refractivity contribution in [1.82, 2.24) is 0 Å². The second-order valence-electron chi connectivity index (χ2n) is 12.4. The summed E-state index contributed by atoms with van der Waals surface area (Å²) in [5.74, 6) is -25.1. The number of carboxylic acid groups (broad SMARTS) is 15. The van der Waals surface area contributed by atoms with Gasteiger partial charge in [0.05, 0.1) is 64.2 Å². The molecular formula is C30H40O35. The number of hydrogen-bond acceptors (Lipinski definition) is 20. The fourth-order valence-corrected chi connectivity index (χ4v) is 3.57. The highest BCUT2D eigenvalue weighted by Crippen LogP contribution is 2.19. The van der Waals surface area contributed by atoms with Crippen LogP contribution >= 0.6 is 0 Å². The van der Waals surface area contributed by atoms with Gasteiger partial charge in [-0.1, -0.05) is 0 Å². The maximum atomic E-state index is 10.3. The number of aliphatic hydroxyl groups is 5. The molecule has 0 rings (SSSR count). The molecule has 0 heterocycles. The molecule has 35 nitrogen and oxygen atoms in total. The molecule has 0 aliphatic heterocycles. The Morgan fingerprint density at radius 1 is 0.185 bits per heavy atom. The molecule has 0 saturated carbocycles. The van der Waals surface area contributed by atoms with Crippen LogP contribution in [0.4, 0.5) is 0 Å². The molecule has 0 saturated heterocycles. The summed E-state index contributed by atoms with van der Waals surface area (Å²) in [6.07, 6.45) is -11.4. The van der Waals surface area contributed by atoms with Gasteiger partial charge in [-0.3, -0.25) is 47.9 Å². The van der Waals surface area contributed by atoms with E-state index in [2.05, 4.69) is 0 Å². The van der Waals surface area contributed by atoms with Crippen molar-refractivity contribution in [2.24, 2.45) is 0 Å². The highest BCUT2D eigenvalue weighted by Gasteiger charge is 2.44. The Bertz CT molecular complexity index is 1440. The summed E-state index contributed by atoms with van der Waals surface area (Å²) in [5, 5.41) is 169. The zero-order chi connectivity index (χ0) is 53.2. The van der Waals surface area contributed by atoms with Gasteiger partial charge in [-0.25, -0.2) is 24.0 Å². The monoisotopic (exact) mass is 960 g/mol. The molecule has 0 atom stereocenters. The van der Waals surface area contributed by atoms with Gasteiger partial charge in [0.1, 0.15) is 0 Å². The van der Waals surface area contributed by atoms with E-state index in [1.165, 1.54) is 0 Å². The second-order valence-corrected chi connectivity index (χ2v) is 12.4. The van der Waals surface area contributed by atoms with E-state index in [-0.39, 0.29) is 0 Å². The number of carbonyl (C=O) groups is 15. The number of hydrogen-bond donors (Lipinski definition) is 20. The number of rotatable bonds is 25. The summed E-state index contributed by atoms with van der Waals surface area (Å²) in [4.78, 5) is 152. The van der Waals surface area contributed by atoms with E-state index in [0.717, 1.165) is 0 Å². The first kappa shape index (κ1) is 66.0. The zero-order valence-corrected chi connectivity index (χ0v) is 32.1. The molecule has 0 spiro atoms. The normalized spacial score (nSPS) is 10.8. The first-order chi connectivity index (χ1) is 28.9. The topological polar surface area (TPSA) is 661 Å². The molecule has 0 aromatic carbocycles. The van der Waals surface area contributed by atoms with Crippen molar-refractivity contribution in [1.29, 1.82) is 0 Å². The molecule has 0 fully saturated rings. The third-order valence-electron chi connectivity index (χ3n) is 6.43. The minimum absolute atomic E-state index is 1.14. The SMILES string of the molecule is O=C(O)CC(O)(CC(=O)O)C(=O)O.O=C(O)CC(O)(CC(=O)O)C(=O)O.O=C(O)CC(O)(CC(=O)O)C(=O)O.O=C(O)CC(O)(CC(=O)O)C(=O)O.O=C(O)CC(O)(CC(=O)O)C(=O)O. The van der Waals surface area contributed by atoms with Gasteiger partial charge in [-0.15, -0.1) is 0 Å². The number of aliphatic carboxylic acids is 15. The van der Waals surface area contributed by atoms with E-state index in [1.54, 1.807) is 0 Å². The summed E-state index contributed by atoms with van der Waals surface area (Å²) in [6, 6.07) is 0. The van der Waals surface area contributed by atoms with E-state index in [9.17, 15) is 71.9 Å². The molecule has 0 aromatic rings. The fraction of sp³-hybridized carbons (Fsp3) is 0.500. The Labute approximate surface area is 356 Å². The van der Waals surface area contributed by atoms with Crippen LogP contribution in [-0.4, -0.2) is 220 Å². The third kappa shape index (κ3) is 31.4. The van der Waals surface area contributed by atoms with Crippen LogP contribution in [-0.2, 0) is 71.9 Å². The van der Waals surface area contributed by atoms with Crippen LogP contribution in [0.1, 0.15) is 64.2 Å². The third-order valence-corrected chi connectivity index (χ3v) is 6.43. The Morgan fingerprint density at radius 3 is 0.277 bits per heavy atom. The van der Waals surface area contributed by atoms with E-state index in [0.29, 0.717) is 0 Å². The molecule has 370 valence electrons. The molecule has 0 aliphatic rings. The van der Waals surface area contributed by atoms with Crippen molar-refractivity contribution in [2.45, 2.75) is 92.2 Å². The summed E-state index contributed by atoms with van der Waals surface area (Å²) in [7, 11) is 0. The molecule has 35 heteroatoms. The van der Waals surface area contributed by atoms with Gasteiger partial charge in [-0.05, 0) is 0 Å². The molecule has 0 unspecified atom stereocenters. The highest BCUT2D eigenvalue weighted by atomic mass is 16.5. The van der Waals surface area contributed by atoms with Crippen LogP contribution in [0.15, 0.2) is 0 Å². The lowest BCUT2D eigenvalue weighted by Gasteiger charge is -2.18. The summed E-state index contributed by atoms with van der Waals surface area (Å²) < 4.78 is 0. The molecule has 0 bridgehead atoms. The van der Waals surface area contributed by atoms with Crippen molar-refractivity contribution < 1.29 is 174 Å². The lowest BCUT2D eigenvalue weighted by atomic mass is 9.96. The van der Waals surface area contributed by atoms with Gasteiger partial charge in [0.15, 0.2) is 28.0 Å². The molecule has 20 N–H and O–H groups in total. The molecular weight excluding hydrogens is 920 g/mol. The maximum Gasteiger partial charge on any atom is 0.336 e. The molecule has 0 aliphatic carbocycles. The van der Waals surface area contributed by atoms with Gasteiger partial charge in [-0.2, -0.15) is 0 Å². The largest absolute Gasteiger partial charge is 0.481 e. The van der Waals surface area contributed by atoms with Crippen molar-refractivity contribution in [3.63, 3.8) is 0 Å². The van der Waals surface area contributed by atoms with Crippen LogP contribution in [0, 0.1) is 0 Å². The van der Waals surface area contributed by atoms with Crippen molar-refractivity contribution in [3.05, 3.63) is 0 Å². The van der Waals surface area contributed by atoms with E-state index < -0.39 is 182 Å². The summed E-state index contributed by atoms with van der Waals surface area (Å²) >= 11 is 0. The Kier molecular flexibility index (Phi) is 28.9. The smallest absolute Gasteiger partial charge is 0.336 e. The van der Waals surface area contributed by atoms with Gasteiger partial charge >= 0.3 is 89.5 Å². The van der Waals surface area contributed by atoms with E-state index in [4.69, 9.17) is 102 Å². The second kappa shape index (κ2) is 28.5. The van der Waals surface area contributed by atoms with Crippen molar-refractivity contribution in [3.8, 4) is 0 Å². The Hall–Kier alpha value is -8.15. The van der Waals surface area contributed by atoms with Gasteiger partial charge in [0.2, 0.25) is 0 Å². The average molecular weight is 961 g/mol. The van der Waals surface area contributed by atoms with Crippen LogP contribution in [0.5, 0.6) is 0 Å². The first-order valence-corrected chi connectivity index (χ1v) is 15.9. The molecule has 65 heavy (non-hydrogen) atoms. The maximum absolute atomic E-state index is 10.3. The minimum Gasteiger partial charge on any atom is -0.481 e. The van der Waals surface area contributed by atoms with Crippen molar-refractivity contribution >= 4 is 89.5 Å². The fourth-order valence-electron chi connectivity index (χ4n) is 3.57. The molecule has 0 aromatic heterocycles. The highest BCUT2D eigenvalue weighted by molar-refractivity contribution is 5.91. The van der Waals surface area contributed by atoms with Crippen LogP contribution < -0.4 is 0 Å². The lowest BCUT2D eigenvalue weighted by molar-refractivity contribution is -0.170. The summed E-state index contributed by atoms with van der Waals surface area (Å²) in [5.41, 5.74) is -13.7. The number of carboxylic acids is 15. The van der Waals surface area contributed by atoms with Crippen LogP contribution in [0.2, 0.25) is 0 Å².